The number of hydrogen-bond acceptors (Lipinski definition) is 4. The molecule has 8 heteroatoms. The average Bonchev–Trinajstić information content (AvgIpc) is 3.18. The third-order valence-electron chi connectivity index (χ3n) is 4.18. The van der Waals surface area contributed by atoms with Gasteiger partial charge in [-0.3, -0.25) is 13.8 Å². The van der Waals surface area contributed by atoms with Gasteiger partial charge in [-0.05, 0) is 29.8 Å². The molecule has 1 saturated heterocycles. The number of halogens is 1. The highest BCUT2D eigenvalue weighted by molar-refractivity contribution is 7.84. The van der Waals surface area contributed by atoms with Crippen LogP contribution in [0, 0.1) is 5.82 Å². The van der Waals surface area contributed by atoms with Crippen LogP contribution in [0.15, 0.2) is 47.1 Å². The summed E-state index contributed by atoms with van der Waals surface area (Å²) in [5.74, 6) is -0.327. The zero-order valence-electron chi connectivity index (χ0n) is 14.1. The normalized spacial score (nSPS) is 15.7. The van der Waals surface area contributed by atoms with Crippen molar-refractivity contribution in [2.45, 2.75) is 5.75 Å². The molecule has 1 aliphatic rings. The molecule has 138 valence electrons. The molecule has 0 unspecified atom stereocenters. The Kier molecular flexibility index (Phi) is 5.82. The highest BCUT2D eigenvalue weighted by Crippen LogP contribution is 2.11. The highest BCUT2D eigenvalue weighted by atomic mass is 32.2. The van der Waals surface area contributed by atoms with Crippen molar-refractivity contribution in [1.29, 1.82) is 0 Å². The van der Waals surface area contributed by atoms with E-state index in [-0.39, 0.29) is 34.9 Å². The summed E-state index contributed by atoms with van der Waals surface area (Å²) in [6.45, 7) is 1.63. The van der Waals surface area contributed by atoms with Gasteiger partial charge in [0.1, 0.15) is 11.6 Å². The molecule has 0 bridgehead atoms. The Morgan fingerprint density at radius 2 is 1.69 bits per heavy atom. The second kappa shape index (κ2) is 8.27. The molecular weight excluding hydrogens is 359 g/mol. The van der Waals surface area contributed by atoms with Crippen LogP contribution >= 0.6 is 0 Å². The number of piperazine rings is 1. The van der Waals surface area contributed by atoms with Gasteiger partial charge in [0.2, 0.25) is 5.91 Å². The fourth-order valence-corrected chi connectivity index (χ4v) is 3.89. The van der Waals surface area contributed by atoms with Crippen LogP contribution in [0.1, 0.15) is 16.1 Å². The number of furan rings is 1. The molecule has 0 aliphatic carbocycles. The van der Waals surface area contributed by atoms with Gasteiger partial charge in [0.05, 0.1) is 6.26 Å². The lowest BCUT2D eigenvalue weighted by Crippen LogP contribution is -2.51. The van der Waals surface area contributed by atoms with E-state index in [1.165, 1.54) is 18.4 Å². The molecule has 2 heterocycles. The Balaban J connectivity index is 1.46. The van der Waals surface area contributed by atoms with Crippen molar-refractivity contribution in [3.8, 4) is 0 Å². The van der Waals surface area contributed by atoms with Gasteiger partial charge in [-0.25, -0.2) is 4.39 Å². The number of benzene rings is 1. The number of hydrogen-bond donors (Lipinski definition) is 0. The molecule has 0 radical (unpaired) electrons. The van der Waals surface area contributed by atoms with Gasteiger partial charge in [0.15, 0.2) is 5.76 Å². The van der Waals surface area contributed by atoms with E-state index in [0.717, 1.165) is 5.56 Å². The van der Waals surface area contributed by atoms with E-state index in [4.69, 9.17) is 4.42 Å². The SMILES string of the molecule is O=C(C[S@@](=O)Cc1ccc(F)cc1)N1CCN(C(=O)c2ccco2)CC1. The molecule has 2 aromatic rings. The summed E-state index contributed by atoms with van der Waals surface area (Å²) in [6, 6.07) is 9.02. The molecule has 0 spiro atoms. The van der Waals surface area contributed by atoms with E-state index >= 15 is 0 Å². The van der Waals surface area contributed by atoms with Crippen LogP contribution in [-0.4, -0.2) is 57.8 Å². The van der Waals surface area contributed by atoms with Gasteiger partial charge < -0.3 is 14.2 Å². The predicted octanol–water partition coefficient (Wildman–Crippen LogP) is 1.65. The number of nitrogens with zero attached hydrogens (tertiary/aromatic N) is 2. The molecule has 1 aromatic carbocycles. The van der Waals surface area contributed by atoms with Gasteiger partial charge in [0, 0.05) is 42.7 Å². The van der Waals surface area contributed by atoms with Gasteiger partial charge in [-0.2, -0.15) is 0 Å². The number of carbonyl (C=O) groups is 2. The van der Waals surface area contributed by atoms with Crippen molar-refractivity contribution < 1.29 is 22.6 Å². The number of carbonyl (C=O) groups excluding carboxylic acids is 2. The summed E-state index contributed by atoms with van der Waals surface area (Å²) in [7, 11) is -1.36. The lowest BCUT2D eigenvalue weighted by atomic mass is 10.2. The molecule has 1 fully saturated rings. The summed E-state index contributed by atoms with van der Waals surface area (Å²) in [6.07, 6.45) is 1.45. The van der Waals surface area contributed by atoms with Crippen LogP contribution in [-0.2, 0) is 21.3 Å². The zero-order valence-corrected chi connectivity index (χ0v) is 14.9. The zero-order chi connectivity index (χ0) is 18.5. The quantitative estimate of drug-likeness (QED) is 0.793. The van der Waals surface area contributed by atoms with E-state index < -0.39 is 10.8 Å². The smallest absolute Gasteiger partial charge is 0.289 e. The minimum absolute atomic E-state index is 0.0799. The topological polar surface area (TPSA) is 70.8 Å². The van der Waals surface area contributed by atoms with Crippen molar-refractivity contribution in [1.82, 2.24) is 9.80 Å². The third-order valence-corrected chi connectivity index (χ3v) is 5.40. The Morgan fingerprint density at radius 1 is 1.04 bits per heavy atom. The maximum Gasteiger partial charge on any atom is 0.289 e. The summed E-state index contributed by atoms with van der Waals surface area (Å²) in [5, 5.41) is 0. The summed E-state index contributed by atoms with van der Waals surface area (Å²) < 4.78 is 30.2. The predicted molar refractivity (Wildman–Crippen MR) is 94.3 cm³/mol. The van der Waals surface area contributed by atoms with E-state index in [1.54, 1.807) is 34.1 Å². The third kappa shape index (κ3) is 4.57. The Labute approximate surface area is 153 Å². The van der Waals surface area contributed by atoms with Crippen molar-refractivity contribution in [3.05, 3.63) is 59.8 Å². The van der Waals surface area contributed by atoms with Crippen LogP contribution in [0.4, 0.5) is 4.39 Å². The molecule has 0 N–H and O–H groups in total. The molecule has 3 rings (SSSR count). The molecule has 2 amide bonds. The van der Waals surface area contributed by atoms with Gasteiger partial charge in [-0.15, -0.1) is 0 Å². The van der Waals surface area contributed by atoms with Gasteiger partial charge in [-0.1, -0.05) is 12.1 Å². The van der Waals surface area contributed by atoms with E-state index in [1.807, 2.05) is 0 Å². The second-order valence-corrected chi connectivity index (χ2v) is 7.46. The number of amides is 2. The van der Waals surface area contributed by atoms with E-state index in [9.17, 15) is 18.2 Å². The van der Waals surface area contributed by atoms with E-state index in [2.05, 4.69) is 0 Å². The second-order valence-electron chi connectivity index (χ2n) is 6.01. The van der Waals surface area contributed by atoms with Crippen LogP contribution in [0.2, 0.25) is 0 Å². The fourth-order valence-electron chi connectivity index (χ4n) is 2.76. The molecule has 1 aliphatic heterocycles. The van der Waals surface area contributed by atoms with Crippen LogP contribution in [0.25, 0.3) is 0 Å². The minimum atomic E-state index is -1.36. The molecule has 0 saturated carbocycles. The Morgan fingerprint density at radius 3 is 2.31 bits per heavy atom. The first-order chi connectivity index (χ1) is 12.5. The highest BCUT2D eigenvalue weighted by Gasteiger charge is 2.26. The summed E-state index contributed by atoms with van der Waals surface area (Å²) in [5.41, 5.74) is 0.728. The van der Waals surface area contributed by atoms with E-state index in [0.29, 0.717) is 26.2 Å². The number of rotatable bonds is 5. The monoisotopic (exact) mass is 378 g/mol. The van der Waals surface area contributed by atoms with Crippen LogP contribution in [0.5, 0.6) is 0 Å². The first kappa shape index (κ1) is 18.3. The maximum atomic E-state index is 12.9. The maximum absolute atomic E-state index is 12.9. The molecule has 26 heavy (non-hydrogen) atoms. The van der Waals surface area contributed by atoms with Crippen LogP contribution in [0.3, 0.4) is 0 Å². The lowest BCUT2D eigenvalue weighted by molar-refractivity contribution is -0.129. The van der Waals surface area contributed by atoms with Gasteiger partial charge >= 0.3 is 0 Å². The fraction of sp³-hybridized carbons (Fsp3) is 0.333. The first-order valence-electron chi connectivity index (χ1n) is 8.23. The standard InChI is InChI=1S/C18H19FN2O4S/c19-15-5-3-14(4-6-15)12-26(24)13-17(22)20-7-9-21(10-8-20)18(23)16-2-1-11-25-16/h1-6,11H,7-10,12-13H2/t26-/m0/s1. The summed E-state index contributed by atoms with van der Waals surface area (Å²) in [4.78, 5) is 27.8. The van der Waals surface area contributed by atoms with Gasteiger partial charge in [0.25, 0.3) is 5.91 Å². The average molecular weight is 378 g/mol. The van der Waals surface area contributed by atoms with Crippen molar-refractivity contribution in [3.63, 3.8) is 0 Å². The first-order valence-corrected chi connectivity index (χ1v) is 9.72. The Bertz CT molecular complexity index is 784. The molecule has 6 nitrogen and oxygen atoms in total. The van der Waals surface area contributed by atoms with Crippen LogP contribution < -0.4 is 0 Å². The minimum Gasteiger partial charge on any atom is -0.459 e. The van der Waals surface area contributed by atoms with Crippen molar-refractivity contribution in [2.75, 3.05) is 31.9 Å². The molecular formula is C18H19FN2O4S. The lowest BCUT2D eigenvalue weighted by Gasteiger charge is -2.34. The molecule has 1 atom stereocenters. The Hall–Kier alpha value is -2.48. The van der Waals surface area contributed by atoms with Crippen molar-refractivity contribution >= 4 is 22.6 Å². The molecule has 1 aromatic heterocycles. The summed E-state index contributed by atoms with van der Waals surface area (Å²) >= 11 is 0. The largest absolute Gasteiger partial charge is 0.459 e. The van der Waals surface area contributed by atoms with Crippen molar-refractivity contribution in [2.24, 2.45) is 0 Å².